The Labute approximate surface area is 836 Å². The van der Waals surface area contributed by atoms with Gasteiger partial charge in [0.05, 0.1) is 82.0 Å². The van der Waals surface area contributed by atoms with Crippen LogP contribution in [0.3, 0.4) is 0 Å². The predicted molar refractivity (Wildman–Crippen MR) is 534 cm³/mol. The number of aryl methyl sites for hydroxylation is 4. The minimum atomic E-state index is -4.42. The number of anilines is 4. The van der Waals surface area contributed by atoms with Crippen LogP contribution in [0.1, 0.15) is 213 Å². The molecule has 46 heteroatoms. The van der Waals surface area contributed by atoms with Gasteiger partial charge >= 0.3 is 64.6 Å². The van der Waals surface area contributed by atoms with Gasteiger partial charge in [-0.05, 0) is 263 Å². The number of rotatable bonds is 16. The third-order valence-corrected chi connectivity index (χ3v) is 21.3. The van der Waals surface area contributed by atoms with Crippen LogP contribution in [-0.4, -0.2) is 172 Å². The fraction of sp³-hybridized carbons (Fsp3) is 0.354. The minimum Gasteiger partial charge on any atom is -0.478 e. The lowest BCUT2D eigenvalue weighted by molar-refractivity contribution is -0.145. The summed E-state index contributed by atoms with van der Waals surface area (Å²) in [5.74, 6) is -3.61. The van der Waals surface area contributed by atoms with E-state index in [2.05, 4.69) is 118 Å². The monoisotopic (exact) mass is 2090 g/mol. The summed E-state index contributed by atoms with van der Waals surface area (Å²) >= 11 is 18.3. The highest BCUT2D eigenvalue weighted by Crippen LogP contribution is 2.61. The molecule has 14 heterocycles. The van der Waals surface area contributed by atoms with Gasteiger partial charge in [0.1, 0.15) is 51.5 Å². The SMILES string of the molecule is C.C1CCNCC1.CCOC(=O)CC(C)=O.CCOC(=O)c1c(C)[nH]c2ncccc2c1=O.CCOC(=O)c1c(C)nc2ncccc2c1Cl.CCOC(=O)c1c(C)nc2ncccc2c1N1CCCCC1.Cc1nc2ncccc2c(N2CCCCC2)c1C(=O)NCc1cccc(C(F)(F)F)c1.NCc1cccc(C(F)(F)F)c1.Nc1ncccc1C(=O)O.O=C1OS(=O)Nc2ncccc21.O=P(Cl)(Cl)Cl. The summed E-state index contributed by atoms with van der Waals surface area (Å²) in [5.41, 5.74) is 17.6. The summed E-state index contributed by atoms with van der Waals surface area (Å²) < 4.78 is 122. The molecule has 16 rings (SSSR count). The van der Waals surface area contributed by atoms with Gasteiger partial charge < -0.3 is 65.1 Å². The highest BCUT2D eigenvalue weighted by atomic mass is 36.0. The van der Waals surface area contributed by atoms with Gasteiger partial charge in [-0.1, -0.05) is 55.8 Å². The maximum absolute atomic E-state index is 13.2. The van der Waals surface area contributed by atoms with E-state index in [1.807, 2.05) is 38.1 Å². The van der Waals surface area contributed by atoms with Crippen molar-refractivity contribution < 1.29 is 102 Å². The second kappa shape index (κ2) is 58.4. The van der Waals surface area contributed by atoms with Gasteiger partial charge in [0.2, 0.25) is 5.43 Å². The second-order valence-electron chi connectivity index (χ2n) is 30.5. The Bertz CT molecular complexity index is 6440. The van der Waals surface area contributed by atoms with Crippen LogP contribution in [0.4, 0.5) is 49.4 Å². The number of benzene rings is 2. The summed E-state index contributed by atoms with van der Waals surface area (Å²) in [6, 6.07) is 30.5. The summed E-state index contributed by atoms with van der Waals surface area (Å²) in [6.45, 7) is 22.8. The lowest BCUT2D eigenvalue weighted by atomic mass is 10.0. The molecule has 0 bridgehead atoms. The Hall–Kier alpha value is -13.0. The first-order chi connectivity index (χ1) is 67.0. The van der Waals surface area contributed by atoms with E-state index in [0.29, 0.717) is 120 Å². The largest absolute Gasteiger partial charge is 0.478 e. The second-order valence-corrected chi connectivity index (χ2v) is 38.3. The molecule has 1 unspecified atom stereocenters. The molecule has 0 spiro atoms. The van der Waals surface area contributed by atoms with E-state index >= 15 is 0 Å². The molecule has 3 fully saturated rings. The molecule has 142 heavy (non-hydrogen) atoms. The summed E-state index contributed by atoms with van der Waals surface area (Å²) in [7, 11) is 0. The molecule has 10 aromatic heterocycles. The van der Waals surface area contributed by atoms with E-state index in [4.69, 9.17) is 42.4 Å². The van der Waals surface area contributed by atoms with E-state index < -0.39 is 69.8 Å². The number of aromatic nitrogens is 10. The van der Waals surface area contributed by atoms with E-state index in [0.717, 1.165) is 105 Å². The van der Waals surface area contributed by atoms with Crippen LogP contribution in [0, 0.1) is 27.7 Å². The molecule has 0 aliphatic carbocycles. The zero-order valence-corrected chi connectivity index (χ0v) is 83.0. The van der Waals surface area contributed by atoms with Crippen molar-refractivity contribution in [3.8, 4) is 0 Å². The Morgan fingerprint density at radius 3 is 1.44 bits per heavy atom. The summed E-state index contributed by atoms with van der Waals surface area (Å²) in [4.78, 5) is 148. The number of carbonyl (C=O) groups excluding carboxylic acids is 7. The number of aromatic amines is 1. The first kappa shape index (κ1) is 118. The number of aromatic carboxylic acids is 1. The number of hydrogen-bond donors (Lipinski definition) is 7. The van der Waals surface area contributed by atoms with Crippen LogP contribution in [0.15, 0.2) is 163 Å². The topological polar surface area (TPSA) is 481 Å². The van der Waals surface area contributed by atoms with E-state index in [1.165, 1.54) is 82.4 Å². The number of nitrogens with one attached hydrogen (secondary N) is 4. The van der Waals surface area contributed by atoms with Gasteiger partial charge in [-0.2, -0.15) is 30.6 Å². The zero-order chi connectivity index (χ0) is 104. The number of ether oxygens (including phenoxy) is 4. The number of nitrogens with zero attached hydrogens (tertiary/aromatic N) is 11. The maximum Gasteiger partial charge on any atom is 0.416 e. The quantitative estimate of drug-likeness (QED) is 0.0155. The number of halogens is 10. The summed E-state index contributed by atoms with van der Waals surface area (Å²) in [5, 5.41) is 14.4. The number of amides is 1. The van der Waals surface area contributed by atoms with Crippen molar-refractivity contribution in [2.24, 2.45) is 5.73 Å². The fourth-order valence-corrected chi connectivity index (χ4v) is 14.9. The number of Topliss-reactive ketones (excluding diaryl/α,β-unsaturated/α-hetero) is 1. The average Bonchev–Trinajstić information content (AvgIpc) is 0.766. The molecule has 3 saturated heterocycles. The Morgan fingerprint density at radius 2 is 0.972 bits per heavy atom. The highest BCUT2D eigenvalue weighted by molar-refractivity contribution is 8.24. The van der Waals surface area contributed by atoms with Gasteiger partial charge in [-0.25, -0.2) is 68.8 Å². The predicted octanol–water partition coefficient (Wildman–Crippen LogP) is 19.7. The Kier molecular flexibility index (Phi) is 48.4. The molecule has 0 saturated carbocycles. The first-order valence-corrected chi connectivity index (χ1v) is 50.0. The normalized spacial score (nSPS) is 13.4. The molecule has 4 aliphatic rings. The van der Waals surface area contributed by atoms with Crippen molar-refractivity contribution in [3.05, 3.63) is 252 Å². The molecule has 9 N–H and O–H groups in total. The lowest BCUT2D eigenvalue weighted by Gasteiger charge is -2.31. The van der Waals surface area contributed by atoms with Crippen molar-refractivity contribution in [1.82, 2.24) is 60.5 Å². The highest BCUT2D eigenvalue weighted by Gasteiger charge is 2.34. The number of piperidine rings is 3. The summed E-state index contributed by atoms with van der Waals surface area (Å²) in [6.07, 6.45) is 11.7. The first-order valence-electron chi connectivity index (χ1n) is 44.1. The number of nitrogen functional groups attached to an aromatic ring is 1. The molecule has 4 aliphatic heterocycles. The van der Waals surface area contributed by atoms with Gasteiger partial charge in [-0.3, -0.25) is 28.5 Å². The minimum absolute atomic E-state index is 0. The van der Waals surface area contributed by atoms with Crippen molar-refractivity contribution in [2.75, 3.05) is 86.0 Å². The van der Waals surface area contributed by atoms with Crippen LogP contribution in [0.5, 0.6) is 0 Å². The number of alkyl halides is 6. The molecule has 0 radical (unpaired) electrons. The van der Waals surface area contributed by atoms with Gasteiger partial charge in [0.15, 0.2) is 22.8 Å². The van der Waals surface area contributed by atoms with Crippen LogP contribution >= 0.6 is 50.5 Å². The molecule has 12 aromatic rings. The van der Waals surface area contributed by atoms with E-state index in [-0.39, 0.29) is 73.6 Å². The number of nitrogens with two attached hydrogens (primary N) is 2. The van der Waals surface area contributed by atoms with Crippen LogP contribution < -0.4 is 42.1 Å². The molecule has 34 nitrogen and oxygen atoms in total. The maximum atomic E-state index is 13.2. The van der Waals surface area contributed by atoms with Gasteiger partial charge in [0.25, 0.3) is 5.91 Å². The van der Waals surface area contributed by atoms with Crippen molar-refractivity contribution in [1.29, 1.82) is 0 Å². The molecular formula is C96H110Cl4F6N17O17PS. The fourth-order valence-electron chi connectivity index (χ4n) is 14.0. The van der Waals surface area contributed by atoms with E-state index in [1.54, 1.807) is 115 Å². The standard InChI is InChI=1S/C23H23F3N4O.C17H21N3O2.C12H11ClN2O2.C12H12N2O3.C8H8F3N.C6H4N2O3S.C6H6N2O2.C6H10O3.C5H11N.CH4.Cl3OP/c1-15-19(22(31)28-14-16-7-5-8-17(13-16)23(24,25)26)20(30-11-3-2-4-12-30)18-9-6-10-27-21(18)29-15;1-3-22-17(21)14-12(2)19-16-13(8-7-9-18-16)15(14)20-10-5-4-6-11-20;1-3-17-12(16)9-7(2)15-11-8(10(9)13)5-4-6-14-11;1-3-17-12(16)9-7(2)14-11-8(10(9)15)5-4-6-13-11;9-8(10,11)7-3-1-2-6(4-7)5-12;9-6-4-2-1-3-7-5(4)8-12(10)11-6;7-5-4(6(9)10)2-1-3-8-5;1-3-9-6(8)4-5(2)7;1-2-4-6-5-3-1;;1-5(2,3)4/h5-10,13H,2-4,11-12,14H2,1H3,(H,28,31);7-9H,3-6,10-11H2,1-2H3;4-6H,3H2,1-2H3;4-6H,3H2,1-2H3,(H,13,14,15);1-4H,5,12H2;1-3H,(H,7,8);1-3H,(H2,7,8)(H,9,10);3-4H2,1-2H3;6H,1-5H2;1H4;. The van der Waals surface area contributed by atoms with Crippen molar-refractivity contribution >= 4 is 176 Å². The van der Waals surface area contributed by atoms with Gasteiger partial charge in [0, 0.05) is 98.3 Å². The molecule has 2 aromatic carbocycles. The number of H-pyrrole nitrogens is 1. The molecule has 1 atom stereocenters. The van der Waals surface area contributed by atoms with Crippen molar-refractivity contribution in [3.63, 3.8) is 0 Å². The number of hydrogen-bond acceptors (Lipinski definition) is 30. The van der Waals surface area contributed by atoms with E-state index in [9.17, 15) is 78.3 Å². The lowest BCUT2D eigenvalue weighted by Crippen LogP contribution is -2.33. The molecule has 1 amide bonds. The number of pyridine rings is 10. The number of ketones is 1. The number of carbonyl (C=O) groups is 8. The van der Waals surface area contributed by atoms with Crippen LogP contribution in [0.2, 0.25) is 5.02 Å². The van der Waals surface area contributed by atoms with Gasteiger partial charge in [-0.15, -0.1) is 0 Å². The Morgan fingerprint density at radius 1 is 0.549 bits per heavy atom. The Balaban J connectivity index is 0.000000251. The number of carboxylic acid groups (broad SMARTS) is 1. The number of fused-ring (bicyclic) bond motifs is 5. The third-order valence-electron chi connectivity index (χ3n) is 20.2. The average molecular weight is 2090 g/mol. The number of esters is 4. The van der Waals surface area contributed by atoms with Crippen molar-refractivity contribution in [2.45, 2.75) is 159 Å². The van der Waals surface area contributed by atoms with Crippen LogP contribution in [-0.2, 0) is 74.0 Å². The zero-order valence-electron chi connectivity index (χ0n) is 78.3. The number of carboxylic acids is 1. The van der Waals surface area contributed by atoms with Crippen LogP contribution in [0.25, 0.3) is 44.1 Å². The smallest absolute Gasteiger partial charge is 0.416 e. The third kappa shape index (κ3) is 36.8. The molecular weight excluding hydrogens is 1980 g/mol. The molecule has 762 valence electrons.